The zero-order valence-corrected chi connectivity index (χ0v) is 16.6. The van der Waals surface area contributed by atoms with Gasteiger partial charge < -0.3 is 9.88 Å². The number of hydrogen-bond acceptors (Lipinski definition) is 4. The number of nitrogens with one attached hydrogen (secondary N) is 1. The number of rotatable bonds is 4. The Balaban J connectivity index is 1.71. The number of anilines is 1. The lowest BCUT2D eigenvalue weighted by Crippen LogP contribution is -2.11. The van der Waals surface area contributed by atoms with Gasteiger partial charge in [0.1, 0.15) is 4.70 Å². The summed E-state index contributed by atoms with van der Waals surface area (Å²) in [5, 5.41) is 3.44. The van der Waals surface area contributed by atoms with E-state index in [0.717, 1.165) is 27.2 Å². The molecule has 7 heteroatoms. The summed E-state index contributed by atoms with van der Waals surface area (Å²) >= 11 is 7.38. The van der Waals surface area contributed by atoms with Gasteiger partial charge in [0.05, 0.1) is 11.8 Å². The van der Waals surface area contributed by atoms with Gasteiger partial charge in [-0.15, -0.1) is 11.3 Å². The molecule has 0 spiro atoms. The van der Waals surface area contributed by atoms with Gasteiger partial charge in [0, 0.05) is 29.1 Å². The van der Waals surface area contributed by atoms with Crippen LogP contribution in [0.15, 0.2) is 65.7 Å². The Kier molecular flexibility index (Phi) is 4.98. The summed E-state index contributed by atoms with van der Waals surface area (Å²) in [6, 6.07) is 17.2. The number of thiophene rings is 1. The summed E-state index contributed by atoms with van der Waals surface area (Å²) in [7, 11) is 0. The second-order valence-corrected chi connectivity index (χ2v) is 7.88. The normalized spacial score (nSPS) is 10.9. The van der Waals surface area contributed by atoms with Gasteiger partial charge in [-0.05, 0) is 41.5 Å². The molecule has 0 saturated carbocycles. The number of amides is 1. The van der Waals surface area contributed by atoms with Gasteiger partial charge in [0.2, 0.25) is 5.91 Å². The molecule has 0 atom stereocenters. The highest BCUT2D eigenvalue weighted by molar-refractivity contribution is 7.22. The van der Waals surface area contributed by atoms with E-state index >= 15 is 0 Å². The fourth-order valence-corrected chi connectivity index (χ4v) is 4.16. The van der Waals surface area contributed by atoms with Crippen LogP contribution in [0, 0.1) is 0 Å². The van der Waals surface area contributed by atoms with Crippen molar-refractivity contribution in [2.24, 2.45) is 0 Å². The van der Waals surface area contributed by atoms with Gasteiger partial charge >= 0.3 is 0 Å². The Morgan fingerprint density at radius 2 is 1.86 bits per heavy atom. The molecule has 2 aromatic carbocycles. The van der Waals surface area contributed by atoms with E-state index in [0.29, 0.717) is 16.3 Å². The third-order valence-electron chi connectivity index (χ3n) is 4.29. The minimum absolute atomic E-state index is 0.111. The second-order valence-electron chi connectivity index (χ2n) is 6.39. The van der Waals surface area contributed by atoms with Gasteiger partial charge in [0.15, 0.2) is 0 Å². The first-order chi connectivity index (χ1) is 13.5. The number of benzene rings is 2. The highest BCUT2D eigenvalue weighted by Gasteiger charge is 2.11. The van der Waals surface area contributed by atoms with Crippen molar-refractivity contribution in [1.82, 2.24) is 9.55 Å². The first-order valence-corrected chi connectivity index (χ1v) is 9.80. The molecule has 1 amide bonds. The number of hydrogen-bond donors (Lipinski definition) is 1. The van der Waals surface area contributed by atoms with E-state index in [-0.39, 0.29) is 11.5 Å². The fraction of sp³-hybridized carbons (Fsp3) is 0.0952. The molecule has 2 heterocycles. The summed E-state index contributed by atoms with van der Waals surface area (Å²) in [6.45, 7) is 2.07. The topological polar surface area (TPSA) is 64.0 Å². The number of carbonyl (C=O) groups is 1. The van der Waals surface area contributed by atoms with Gasteiger partial charge in [-0.2, -0.15) is 4.98 Å². The van der Waals surface area contributed by atoms with Crippen molar-refractivity contribution in [2.75, 3.05) is 5.32 Å². The summed E-state index contributed by atoms with van der Waals surface area (Å²) in [5.41, 5.74) is 3.41. The molecule has 28 heavy (non-hydrogen) atoms. The van der Waals surface area contributed by atoms with Gasteiger partial charge in [-0.3, -0.25) is 9.59 Å². The monoisotopic (exact) mass is 409 g/mol. The van der Waals surface area contributed by atoms with Crippen molar-refractivity contribution in [3.05, 3.63) is 81.9 Å². The summed E-state index contributed by atoms with van der Waals surface area (Å²) in [4.78, 5) is 28.4. The summed E-state index contributed by atoms with van der Waals surface area (Å²) in [5.74, 6) is -0.111. The van der Waals surface area contributed by atoms with E-state index in [9.17, 15) is 9.59 Å². The average molecular weight is 410 g/mol. The molecule has 1 N–H and O–H groups in total. The lowest BCUT2D eigenvalue weighted by molar-refractivity contribution is -0.114. The predicted molar refractivity (Wildman–Crippen MR) is 114 cm³/mol. The molecule has 0 saturated heterocycles. The molecule has 0 bridgehead atoms. The Hall–Kier alpha value is -2.96. The maximum atomic E-state index is 12.3. The van der Waals surface area contributed by atoms with Crippen molar-refractivity contribution in [2.45, 2.75) is 13.5 Å². The van der Waals surface area contributed by atoms with Gasteiger partial charge in [0.25, 0.3) is 5.56 Å². The van der Waals surface area contributed by atoms with Crippen LogP contribution in [0.4, 0.5) is 5.69 Å². The van der Waals surface area contributed by atoms with Crippen molar-refractivity contribution >= 4 is 44.7 Å². The SMILES string of the molecule is CC(=O)Nc1ccc(-c2cc3c(s2)c(=O)ncn3Cc2ccc(Cl)cc2)cc1. The van der Waals surface area contributed by atoms with Gasteiger partial charge in [-0.1, -0.05) is 35.9 Å². The van der Waals surface area contributed by atoms with Crippen molar-refractivity contribution < 1.29 is 4.79 Å². The van der Waals surface area contributed by atoms with Crippen LogP contribution in [0.5, 0.6) is 0 Å². The van der Waals surface area contributed by atoms with Crippen molar-refractivity contribution in [3.8, 4) is 10.4 Å². The third-order valence-corrected chi connectivity index (χ3v) is 5.70. The third kappa shape index (κ3) is 3.83. The maximum absolute atomic E-state index is 12.3. The van der Waals surface area contributed by atoms with Gasteiger partial charge in [-0.25, -0.2) is 0 Å². The van der Waals surface area contributed by atoms with Crippen LogP contribution in [0.3, 0.4) is 0 Å². The predicted octanol–water partition coefficient (Wildman–Crippen LogP) is 4.79. The van der Waals surface area contributed by atoms with Crippen LogP contribution in [0.2, 0.25) is 5.02 Å². The van der Waals surface area contributed by atoms with Crippen LogP contribution in [-0.2, 0) is 11.3 Å². The second kappa shape index (κ2) is 7.58. The molecular weight excluding hydrogens is 394 g/mol. The molecule has 0 unspecified atom stereocenters. The molecule has 140 valence electrons. The standard InChI is InChI=1S/C21H16ClN3O2S/c1-13(26)24-17-8-4-15(5-9-17)19-10-18-20(28-19)21(27)23-12-25(18)11-14-2-6-16(22)7-3-14/h2-10,12H,11H2,1H3,(H,24,26). The molecule has 0 aliphatic carbocycles. The van der Waals surface area contributed by atoms with E-state index in [4.69, 9.17) is 11.6 Å². The van der Waals surface area contributed by atoms with E-state index in [1.165, 1.54) is 18.3 Å². The molecule has 4 aromatic rings. The molecule has 0 radical (unpaired) electrons. The molecule has 0 aliphatic rings. The average Bonchev–Trinajstić information content (AvgIpc) is 3.12. The van der Waals surface area contributed by atoms with Crippen LogP contribution < -0.4 is 10.9 Å². The van der Waals surface area contributed by atoms with Crippen LogP contribution in [-0.4, -0.2) is 15.5 Å². The first kappa shape index (κ1) is 18.4. The molecule has 4 rings (SSSR count). The number of carbonyl (C=O) groups excluding carboxylic acids is 1. The molecule has 0 fully saturated rings. The van der Waals surface area contributed by atoms with Crippen LogP contribution in [0.1, 0.15) is 12.5 Å². The smallest absolute Gasteiger partial charge is 0.290 e. The highest BCUT2D eigenvalue weighted by atomic mass is 35.5. The molecular formula is C21H16ClN3O2S. The minimum Gasteiger partial charge on any atom is -0.326 e. The Labute approximate surface area is 170 Å². The lowest BCUT2D eigenvalue weighted by atomic mass is 10.1. The lowest BCUT2D eigenvalue weighted by Gasteiger charge is -2.07. The highest BCUT2D eigenvalue weighted by Crippen LogP contribution is 2.32. The van der Waals surface area contributed by atoms with E-state index in [1.54, 1.807) is 6.33 Å². The number of fused-ring (bicyclic) bond motifs is 1. The van der Waals surface area contributed by atoms with E-state index < -0.39 is 0 Å². The zero-order chi connectivity index (χ0) is 19.7. The Bertz CT molecular complexity index is 1210. The maximum Gasteiger partial charge on any atom is 0.290 e. The van der Waals surface area contributed by atoms with Crippen LogP contribution >= 0.6 is 22.9 Å². The van der Waals surface area contributed by atoms with Crippen molar-refractivity contribution in [3.63, 3.8) is 0 Å². The number of nitrogens with zero attached hydrogens (tertiary/aromatic N) is 2. The molecule has 5 nitrogen and oxygen atoms in total. The zero-order valence-electron chi connectivity index (χ0n) is 15.0. The van der Waals surface area contributed by atoms with Crippen molar-refractivity contribution in [1.29, 1.82) is 0 Å². The van der Waals surface area contributed by atoms with E-state index in [1.807, 2.05) is 59.2 Å². The molecule has 2 aromatic heterocycles. The fourth-order valence-electron chi connectivity index (χ4n) is 2.97. The molecule has 0 aliphatic heterocycles. The Morgan fingerprint density at radius 3 is 2.54 bits per heavy atom. The summed E-state index contributed by atoms with van der Waals surface area (Å²) in [6.07, 6.45) is 1.58. The largest absolute Gasteiger partial charge is 0.326 e. The quantitative estimate of drug-likeness (QED) is 0.527. The Morgan fingerprint density at radius 1 is 1.14 bits per heavy atom. The first-order valence-electron chi connectivity index (χ1n) is 8.61. The number of aromatic nitrogens is 2. The van der Waals surface area contributed by atoms with E-state index in [2.05, 4.69) is 10.3 Å². The minimum atomic E-state index is -0.228. The van der Waals surface area contributed by atoms with Crippen LogP contribution in [0.25, 0.3) is 20.7 Å². The number of halogens is 1. The summed E-state index contributed by atoms with van der Waals surface area (Å²) < 4.78 is 2.59.